The molecule has 1 aliphatic heterocycles. The van der Waals surface area contributed by atoms with Gasteiger partial charge in [0.1, 0.15) is 0 Å². The number of carbonyl (C=O) groups is 2. The van der Waals surface area contributed by atoms with Crippen LogP contribution in [0.1, 0.15) is 52.9 Å². The molecule has 0 atom stereocenters. The fourth-order valence-corrected chi connectivity index (χ4v) is 2.47. The van der Waals surface area contributed by atoms with E-state index in [1.54, 1.807) is 11.8 Å². The van der Waals surface area contributed by atoms with Gasteiger partial charge in [0, 0.05) is 39.0 Å². The van der Waals surface area contributed by atoms with Gasteiger partial charge >= 0.3 is 0 Å². The van der Waals surface area contributed by atoms with E-state index in [2.05, 4.69) is 0 Å². The molecule has 0 radical (unpaired) electrons. The standard InChI is InChI=1S/C14H26N2O2/c1-12(2)16(13(3)17)11-8-14(18)15-9-6-4-5-7-10-15/h12H,4-11H2,1-3H3. The molecular weight excluding hydrogens is 228 g/mol. The van der Waals surface area contributed by atoms with Crippen molar-refractivity contribution in [2.45, 2.75) is 58.9 Å². The van der Waals surface area contributed by atoms with Crippen LogP contribution in [0.15, 0.2) is 0 Å². The van der Waals surface area contributed by atoms with Gasteiger partial charge < -0.3 is 9.80 Å². The maximum atomic E-state index is 12.1. The van der Waals surface area contributed by atoms with Gasteiger partial charge in [0.05, 0.1) is 0 Å². The van der Waals surface area contributed by atoms with Crippen LogP contribution >= 0.6 is 0 Å². The van der Waals surface area contributed by atoms with Crippen molar-refractivity contribution in [3.63, 3.8) is 0 Å². The first kappa shape index (κ1) is 15.0. The van der Waals surface area contributed by atoms with Crippen molar-refractivity contribution in [1.29, 1.82) is 0 Å². The smallest absolute Gasteiger partial charge is 0.224 e. The molecule has 0 aromatic rings. The Morgan fingerprint density at radius 3 is 2.11 bits per heavy atom. The van der Waals surface area contributed by atoms with E-state index in [-0.39, 0.29) is 17.9 Å². The molecule has 1 saturated heterocycles. The molecule has 0 N–H and O–H groups in total. The fourth-order valence-electron chi connectivity index (χ4n) is 2.47. The molecule has 1 rings (SSSR count). The second kappa shape index (κ2) is 7.39. The molecule has 1 heterocycles. The number of nitrogens with zero attached hydrogens (tertiary/aromatic N) is 2. The van der Waals surface area contributed by atoms with Crippen molar-refractivity contribution < 1.29 is 9.59 Å². The summed E-state index contributed by atoms with van der Waals surface area (Å²) in [6, 6.07) is 0.166. The van der Waals surface area contributed by atoms with Crippen molar-refractivity contribution >= 4 is 11.8 Å². The lowest BCUT2D eigenvalue weighted by Gasteiger charge is -2.27. The van der Waals surface area contributed by atoms with Crippen molar-refractivity contribution in [2.75, 3.05) is 19.6 Å². The van der Waals surface area contributed by atoms with E-state index in [1.807, 2.05) is 18.7 Å². The second-order valence-electron chi connectivity index (χ2n) is 5.35. The molecule has 0 aromatic carbocycles. The molecule has 18 heavy (non-hydrogen) atoms. The fraction of sp³-hybridized carbons (Fsp3) is 0.857. The molecular formula is C14H26N2O2. The van der Waals surface area contributed by atoms with E-state index in [0.717, 1.165) is 25.9 Å². The second-order valence-corrected chi connectivity index (χ2v) is 5.35. The highest BCUT2D eigenvalue weighted by atomic mass is 16.2. The molecule has 2 amide bonds. The Hall–Kier alpha value is -1.06. The van der Waals surface area contributed by atoms with Gasteiger partial charge in [0.15, 0.2) is 0 Å². The molecule has 0 aliphatic carbocycles. The molecule has 1 aliphatic rings. The van der Waals surface area contributed by atoms with E-state index in [1.165, 1.54) is 12.8 Å². The normalized spacial score (nSPS) is 16.6. The van der Waals surface area contributed by atoms with Crippen LogP contribution in [-0.2, 0) is 9.59 Å². The average Bonchev–Trinajstić information content (AvgIpc) is 2.56. The third kappa shape index (κ3) is 4.67. The lowest BCUT2D eigenvalue weighted by atomic mass is 10.2. The van der Waals surface area contributed by atoms with Crippen LogP contribution in [-0.4, -0.2) is 47.3 Å². The van der Waals surface area contributed by atoms with E-state index < -0.39 is 0 Å². The van der Waals surface area contributed by atoms with E-state index in [9.17, 15) is 9.59 Å². The first-order valence-electron chi connectivity index (χ1n) is 7.07. The highest BCUT2D eigenvalue weighted by molar-refractivity contribution is 5.78. The van der Waals surface area contributed by atoms with Crippen LogP contribution < -0.4 is 0 Å². The summed E-state index contributed by atoms with van der Waals surface area (Å²) in [6.45, 7) is 7.86. The highest BCUT2D eigenvalue weighted by Crippen LogP contribution is 2.11. The summed E-state index contributed by atoms with van der Waals surface area (Å²) in [7, 11) is 0. The molecule has 0 aromatic heterocycles. The van der Waals surface area contributed by atoms with Gasteiger partial charge in [-0.2, -0.15) is 0 Å². The third-order valence-corrected chi connectivity index (χ3v) is 3.55. The highest BCUT2D eigenvalue weighted by Gasteiger charge is 2.18. The summed E-state index contributed by atoms with van der Waals surface area (Å²) in [5, 5.41) is 0. The van der Waals surface area contributed by atoms with Crippen LogP contribution in [0.4, 0.5) is 0 Å². The monoisotopic (exact) mass is 254 g/mol. The molecule has 1 fully saturated rings. The zero-order valence-electron chi connectivity index (χ0n) is 11.9. The zero-order chi connectivity index (χ0) is 13.5. The van der Waals surface area contributed by atoms with E-state index in [4.69, 9.17) is 0 Å². The topological polar surface area (TPSA) is 40.6 Å². The summed E-state index contributed by atoms with van der Waals surface area (Å²) in [5.41, 5.74) is 0. The largest absolute Gasteiger partial charge is 0.343 e. The van der Waals surface area contributed by atoms with Gasteiger partial charge in [-0.25, -0.2) is 0 Å². The van der Waals surface area contributed by atoms with Crippen molar-refractivity contribution in [3.8, 4) is 0 Å². The molecule has 0 spiro atoms. The summed E-state index contributed by atoms with van der Waals surface area (Å²) in [6.07, 6.45) is 5.15. The van der Waals surface area contributed by atoms with Crippen LogP contribution in [0, 0.1) is 0 Å². The predicted octanol–water partition coefficient (Wildman–Crippen LogP) is 2.04. The zero-order valence-corrected chi connectivity index (χ0v) is 11.9. The Balaban J connectivity index is 2.41. The maximum Gasteiger partial charge on any atom is 0.224 e. The summed E-state index contributed by atoms with van der Waals surface area (Å²) >= 11 is 0. The lowest BCUT2D eigenvalue weighted by Crippen LogP contribution is -2.39. The van der Waals surface area contributed by atoms with Crippen molar-refractivity contribution in [2.24, 2.45) is 0 Å². The molecule has 4 heteroatoms. The number of likely N-dealkylation sites (tertiary alicyclic amines) is 1. The van der Waals surface area contributed by atoms with E-state index >= 15 is 0 Å². The van der Waals surface area contributed by atoms with Crippen LogP contribution in [0.2, 0.25) is 0 Å². The summed E-state index contributed by atoms with van der Waals surface area (Å²) in [4.78, 5) is 27.2. The minimum atomic E-state index is 0.0497. The minimum Gasteiger partial charge on any atom is -0.343 e. The maximum absolute atomic E-state index is 12.1. The number of hydrogen-bond acceptors (Lipinski definition) is 2. The number of amides is 2. The van der Waals surface area contributed by atoms with Gasteiger partial charge in [-0.05, 0) is 26.7 Å². The van der Waals surface area contributed by atoms with Gasteiger partial charge in [0.2, 0.25) is 11.8 Å². The molecule has 0 saturated carbocycles. The summed E-state index contributed by atoms with van der Waals surface area (Å²) in [5.74, 6) is 0.248. The quantitative estimate of drug-likeness (QED) is 0.770. The van der Waals surface area contributed by atoms with E-state index in [0.29, 0.717) is 13.0 Å². The van der Waals surface area contributed by atoms with Crippen molar-refractivity contribution in [1.82, 2.24) is 9.80 Å². The average molecular weight is 254 g/mol. The van der Waals surface area contributed by atoms with Gasteiger partial charge in [-0.1, -0.05) is 12.8 Å². The Labute approximate surface area is 110 Å². The predicted molar refractivity (Wildman–Crippen MR) is 72.2 cm³/mol. The Bertz CT molecular complexity index is 282. The van der Waals surface area contributed by atoms with Crippen LogP contribution in [0.5, 0.6) is 0 Å². The molecule has 0 bridgehead atoms. The number of rotatable bonds is 4. The van der Waals surface area contributed by atoms with Gasteiger partial charge in [-0.3, -0.25) is 9.59 Å². The first-order valence-corrected chi connectivity index (χ1v) is 7.07. The molecule has 104 valence electrons. The summed E-state index contributed by atoms with van der Waals surface area (Å²) < 4.78 is 0. The Morgan fingerprint density at radius 2 is 1.67 bits per heavy atom. The number of carbonyl (C=O) groups excluding carboxylic acids is 2. The first-order chi connectivity index (χ1) is 8.52. The van der Waals surface area contributed by atoms with Crippen LogP contribution in [0.25, 0.3) is 0 Å². The SMILES string of the molecule is CC(=O)N(CCC(=O)N1CCCCCC1)C(C)C. The Kier molecular flexibility index (Phi) is 6.16. The lowest BCUT2D eigenvalue weighted by molar-refractivity contribution is -0.134. The van der Waals surface area contributed by atoms with Gasteiger partial charge in [0.25, 0.3) is 0 Å². The van der Waals surface area contributed by atoms with Crippen molar-refractivity contribution in [3.05, 3.63) is 0 Å². The third-order valence-electron chi connectivity index (χ3n) is 3.55. The van der Waals surface area contributed by atoms with Crippen LogP contribution in [0.3, 0.4) is 0 Å². The molecule has 4 nitrogen and oxygen atoms in total. The minimum absolute atomic E-state index is 0.0497. The van der Waals surface area contributed by atoms with Gasteiger partial charge in [-0.15, -0.1) is 0 Å². The molecule has 0 unspecified atom stereocenters. The Morgan fingerprint density at radius 1 is 1.11 bits per heavy atom. The number of hydrogen-bond donors (Lipinski definition) is 0.